The number of halogens is 3. The predicted octanol–water partition coefficient (Wildman–Crippen LogP) is 3.54. The number of allylic oxidation sites excluding steroid dienone is 1. The number of hydrogen-bond donors (Lipinski definition) is 1. The molecule has 1 saturated carbocycles. The number of carbonyl (C=O) groups excluding carboxylic acids is 2. The second-order valence-corrected chi connectivity index (χ2v) is 5.17. The van der Waals surface area contributed by atoms with Crippen molar-refractivity contribution in [3.05, 3.63) is 41.7 Å². The maximum Gasteiger partial charge on any atom is 0.416 e. The number of hydrogen-bond acceptors (Lipinski definition) is 3. The third-order valence-corrected chi connectivity index (χ3v) is 3.35. The predicted molar refractivity (Wildman–Crippen MR) is 77.5 cm³/mol. The van der Waals surface area contributed by atoms with Gasteiger partial charge in [-0.2, -0.15) is 13.2 Å². The molecule has 0 bridgehead atoms. The molecule has 1 atom stereocenters. The van der Waals surface area contributed by atoms with Crippen LogP contribution in [0.2, 0.25) is 0 Å². The molecule has 1 fully saturated rings. The highest BCUT2D eigenvalue weighted by atomic mass is 19.4. The van der Waals surface area contributed by atoms with Gasteiger partial charge in [0, 0.05) is 11.6 Å². The van der Waals surface area contributed by atoms with E-state index in [-0.39, 0.29) is 23.8 Å². The van der Waals surface area contributed by atoms with Crippen LogP contribution in [0, 0.1) is 5.92 Å². The van der Waals surface area contributed by atoms with Crippen LogP contribution in [-0.4, -0.2) is 18.3 Å². The van der Waals surface area contributed by atoms with E-state index in [1.54, 1.807) is 0 Å². The third-order valence-electron chi connectivity index (χ3n) is 3.35. The molecule has 2 rings (SSSR count). The van der Waals surface area contributed by atoms with Gasteiger partial charge in [-0.05, 0) is 43.2 Å². The minimum absolute atomic E-state index is 0.219. The zero-order valence-corrected chi connectivity index (χ0v) is 12.4. The summed E-state index contributed by atoms with van der Waals surface area (Å²) in [6.07, 6.45) is -2.61. The van der Waals surface area contributed by atoms with Gasteiger partial charge in [-0.1, -0.05) is 0 Å². The summed E-state index contributed by atoms with van der Waals surface area (Å²) in [5, 5.41) is 2.41. The molecule has 7 heteroatoms. The van der Waals surface area contributed by atoms with Crippen LogP contribution in [0.15, 0.2) is 36.1 Å². The summed E-state index contributed by atoms with van der Waals surface area (Å²) < 4.78 is 42.4. The number of carbonyl (C=O) groups is 2. The number of ketones is 1. The summed E-state index contributed by atoms with van der Waals surface area (Å²) in [6, 6.07) is 4.06. The fourth-order valence-electron chi connectivity index (χ4n) is 2.05. The van der Waals surface area contributed by atoms with Crippen molar-refractivity contribution in [2.45, 2.75) is 25.9 Å². The van der Waals surface area contributed by atoms with Crippen molar-refractivity contribution in [3.8, 4) is 0 Å². The fraction of sp³-hybridized carbons (Fsp3) is 0.375. The monoisotopic (exact) mass is 327 g/mol. The van der Waals surface area contributed by atoms with Gasteiger partial charge in [-0.15, -0.1) is 0 Å². The van der Waals surface area contributed by atoms with Crippen LogP contribution in [-0.2, 0) is 20.5 Å². The van der Waals surface area contributed by atoms with E-state index in [0.717, 1.165) is 29.8 Å². The summed E-state index contributed by atoms with van der Waals surface area (Å²) in [5.74, 6) is -1.04. The van der Waals surface area contributed by atoms with E-state index in [2.05, 4.69) is 5.32 Å². The lowest BCUT2D eigenvalue weighted by atomic mass is 10.1. The Bertz CT molecular complexity index is 620. The van der Waals surface area contributed by atoms with Crippen LogP contribution in [0.1, 0.15) is 25.3 Å². The molecule has 0 spiro atoms. The molecule has 0 radical (unpaired) electrons. The molecule has 23 heavy (non-hydrogen) atoms. The molecule has 1 aromatic carbocycles. The zero-order chi connectivity index (χ0) is 17.0. The van der Waals surface area contributed by atoms with Gasteiger partial charge in [-0.25, -0.2) is 0 Å². The molecule has 0 heterocycles. The van der Waals surface area contributed by atoms with E-state index in [4.69, 9.17) is 4.74 Å². The molecule has 1 aliphatic carbocycles. The summed E-state index contributed by atoms with van der Waals surface area (Å²) in [4.78, 5) is 23.6. The molecule has 0 aromatic heterocycles. The summed E-state index contributed by atoms with van der Waals surface area (Å²) in [5.41, 5.74) is 0.283. The van der Waals surface area contributed by atoms with E-state index in [1.807, 2.05) is 6.92 Å². The molecule has 1 aliphatic rings. The quantitative estimate of drug-likeness (QED) is 0.642. The van der Waals surface area contributed by atoms with Gasteiger partial charge >= 0.3 is 6.18 Å². The highest BCUT2D eigenvalue weighted by molar-refractivity contribution is 6.07. The highest BCUT2D eigenvalue weighted by Crippen LogP contribution is 2.39. The lowest BCUT2D eigenvalue weighted by Crippen LogP contribution is -2.17. The topological polar surface area (TPSA) is 55.4 Å². The molecule has 0 saturated heterocycles. The average molecular weight is 327 g/mol. The Labute approximate surface area is 131 Å². The normalized spacial score (nSPS) is 18.6. The molecule has 1 aromatic rings. The van der Waals surface area contributed by atoms with E-state index < -0.39 is 17.6 Å². The Hall–Kier alpha value is -2.31. The number of rotatable bonds is 6. The Balaban J connectivity index is 1.84. The number of ether oxygens (including phenoxy) is 1. The third kappa shape index (κ3) is 4.84. The first-order valence-corrected chi connectivity index (χ1v) is 7.11. The average Bonchev–Trinajstić information content (AvgIpc) is 3.24. The van der Waals surface area contributed by atoms with Crippen LogP contribution < -0.4 is 5.32 Å². The van der Waals surface area contributed by atoms with Crippen molar-refractivity contribution in [3.63, 3.8) is 0 Å². The molecular weight excluding hydrogens is 311 g/mol. The standard InChI is InChI=1S/C16H16F3NO3/c1-2-23-9-10-7-13(10)14(21)8-15(22)20-12-5-3-11(4-6-12)16(17,18)19/h3-6,9,13H,2,7-8H2,1H3,(H,20,22). The van der Waals surface area contributed by atoms with Gasteiger partial charge in [0.2, 0.25) is 5.91 Å². The molecule has 124 valence electrons. The van der Waals surface area contributed by atoms with E-state index in [9.17, 15) is 22.8 Å². The second kappa shape index (κ2) is 6.85. The SMILES string of the molecule is CCOC=C1CC1C(=O)CC(=O)Nc1ccc(C(F)(F)F)cc1. The minimum atomic E-state index is -4.42. The number of amides is 1. The Morgan fingerprint density at radius 2 is 1.96 bits per heavy atom. The molecule has 1 N–H and O–H groups in total. The van der Waals surface area contributed by atoms with Gasteiger partial charge in [0.05, 0.1) is 24.9 Å². The fourth-order valence-corrected chi connectivity index (χ4v) is 2.05. The maximum atomic E-state index is 12.4. The molecule has 4 nitrogen and oxygen atoms in total. The summed E-state index contributed by atoms with van der Waals surface area (Å²) in [6.45, 7) is 2.34. The van der Waals surface area contributed by atoms with Crippen LogP contribution in [0.5, 0.6) is 0 Å². The largest absolute Gasteiger partial charge is 0.502 e. The number of Topliss-reactive ketones (excluding diaryl/α,β-unsaturated/α-hetero) is 1. The molecular formula is C16H16F3NO3. The van der Waals surface area contributed by atoms with E-state index >= 15 is 0 Å². The molecule has 1 unspecified atom stereocenters. The van der Waals surface area contributed by atoms with Crippen LogP contribution in [0.4, 0.5) is 18.9 Å². The second-order valence-electron chi connectivity index (χ2n) is 5.17. The first-order valence-electron chi connectivity index (χ1n) is 7.11. The maximum absolute atomic E-state index is 12.4. The van der Waals surface area contributed by atoms with Gasteiger partial charge in [0.1, 0.15) is 5.78 Å². The lowest BCUT2D eigenvalue weighted by Gasteiger charge is -2.08. The number of benzene rings is 1. The molecule has 1 amide bonds. The molecule has 0 aliphatic heterocycles. The van der Waals surface area contributed by atoms with Crippen molar-refractivity contribution in [2.24, 2.45) is 5.92 Å². The van der Waals surface area contributed by atoms with Crippen LogP contribution in [0.25, 0.3) is 0 Å². The summed E-state index contributed by atoms with van der Waals surface area (Å²) >= 11 is 0. The Morgan fingerprint density at radius 1 is 1.30 bits per heavy atom. The minimum Gasteiger partial charge on any atom is -0.502 e. The zero-order valence-electron chi connectivity index (χ0n) is 12.4. The van der Waals surface area contributed by atoms with Gasteiger partial charge in [0.15, 0.2) is 0 Å². The highest BCUT2D eigenvalue weighted by Gasteiger charge is 2.37. The van der Waals surface area contributed by atoms with Crippen molar-refractivity contribution >= 4 is 17.4 Å². The van der Waals surface area contributed by atoms with E-state index in [1.165, 1.54) is 6.26 Å². The van der Waals surface area contributed by atoms with Crippen LogP contribution >= 0.6 is 0 Å². The van der Waals surface area contributed by atoms with Gasteiger partial charge in [-0.3, -0.25) is 9.59 Å². The Kier molecular flexibility index (Phi) is 5.08. The Morgan fingerprint density at radius 3 is 2.52 bits per heavy atom. The van der Waals surface area contributed by atoms with Crippen LogP contribution in [0.3, 0.4) is 0 Å². The van der Waals surface area contributed by atoms with Crippen molar-refractivity contribution in [2.75, 3.05) is 11.9 Å². The van der Waals surface area contributed by atoms with Crippen molar-refractivity contribution in [1.29, 1.82) is 0 Å². The number of alkyl halides is 3. The lowest BCUT2D eigenvalue weighted by molar-refractivity contribution is -0.137. The van der Waals surface area contributed by atoms with Crippen molar-refractivity contribution < 1.29 is 27.5 Å². The first kappa shape index (κ1) is 17.1. The van der Waals surface area contributed by atoms with Gasteiger partial charge < -0.3 is 10.1 Å². The number of nitrogens with one attached hydrogen (secondary N) is 1. The number of anilines is 1. The van der Waals surface area contributed by atoms with Crippen molar-refractivity contribution in [1.82, 2.24) is 0 Å². The smallest absolute Gasteiger partial charge is 0.416 e. The van der Waals surface area contributed by atoms with E-state index in [0.29, 0.717) is 13.0 Å². The summed E-state index contributed by atoms with van der Waals surface area (Å²) in [7, 11) is 0. The first-order chi connectivity index (χ1) is 10.8. The van der Waals surface area contributed by atoms with Gasteiger partial charge in [0.25, 0.3) is 0 Å².